The molecule has 2 N–H and O–H groups in total. The van der Waals surface area contributed by atoms with Crippen molar-refractivity contribution in [2.75, 3.05) is 5.73 Å². The summed E-state index contributed by atoms with van der Waals surface area (Å²) in [5.41, 5.74) is 7.76. The maximum absolute atomic E-state index is 14.0. The normalized spacial score (nSPS) is 11.1. The smallest absolute Gasteiger partial charge is 0.167 e. The van der Waals surface area contributed by atoms with E-state index in [4.69, 9.17) is 10.5 Å². The molecule has 4 rings (SSSR count). The van der Waals surface area contributed by atoms with Gasteiger partial charge in [-0.1, -0.05) is 0 Å². The number of anilines is 1. The molecule has 1 aromatic carbocycles. The minimum absolute atomic E-state index is 0.135. The van der Waals surface area contributed by atoms with Gasteiger partial charge in [-0.15, -0.1) is 11.3 Å². The summed E-state index contributed by atoms with van der Waals surface area (Å²) in [6.45, 7) is 2.85. The molecule has 0 atom stereocenters. The van der Waals surface area contributed by atoms with Crippen LogP contribution in [-0.2, 0) is 6.54 Å². The van der Waals surface area contributed by atoms with Crippen LogP contribution in [0.4, 0.5) is 10.1 Å². The van der Waals surface area contributed by atoms with Gasteiger partial charge in [0.05, 0.1) is 16.4 Å². The van der Waals surface area contributed by atoms with Gasteiger partial charge in [0.15, 0.2) is 11.6 Å². The number of aromatic nitrogens is 3. The van der Waals surface area contributed by atoms with Gasteiger partial charge in [-0.2, -0.15) is 5.10 Å². The molecule has 5 nitrogen and oxygen atoms in total. The standard InChI is InChI=1S/C18H15FN4OS/c1-2-23-10-11(9-22-23)17-8-14-18(25-17)16(5-6-21-14)24-15-4-3-12(20)7-13(15)19/h3-10H,2,20H2,1H3. The van der Waals surface area contributed by atoms with Crippen molar-refractivity contribution < 1.29 is 9.13 Å². The second-order valence-electron chi connectivity index (χ2n) is 5.51. The number of hydrogen-bond donors (Lipinski definition) is 1. The third-order valence-electron chi connectivity index (χ3n) is 3.79. The van der Waals surface area contributed by atoms with E-state index in [-0.39, 0.29) is 5.75 Å². The van der Waals surface area contributed by atoms with Crippen molar-refractivity contribution in [1.29, 1.82) is 0 Å². The largest absolute Gasteiger partial charge is 0.453 e. The number of fused-ring (bicyclic) bond motifs is 1. The first-order valence-electron chi connectivity index (χ1n) is 7.78. The highest BCUT2D eigenvalue weighted by Gasteiger charge is 2.13. The number of thiophene rings is 1. The maximum atomic E-state index is 14.0. The summed E-state index contributed by atoms with van der Waals surface area (Å²) in [7, 11) is 0. The number of nitrogens with zero attached hydrogens (tertiary/aromatic N) is 3. The Hall–Kier alpha value is -2.93. The van der Waals surface area contributed by atoms with Crippen LogP contribution in [0.3, 0.4) is 0 Å². The lowest BCUT2D eigenvalue weighted by Crippen LogP contribution is -1.91. The topological polar surface area (TPSA) is 66.0 Å². The fourth-order valence-corrected chi connectivity index (χ4v) is 3.56. The van der Waals surface area contributed by atoms with Crippen LogP contribution in [0.25, 0.3) is 20.7 Å². The molecule has 0 aliphatic rings. The van der Waals surface area contributed by atoms with Crippen molar-refractivity contribution in [3.8, 4) is 21.9 Å². The van der Waals surface area contributed by atoms with E-state index in [0.29, 0.717) is 11.4 Å². The first kappa shape index (κ1) is 15.6. The molecule has 0 bridgehead atoms. The lowest BCUT2D eigenvalue weighted by Gasteiger charge is -2.07. The predicted octanol–water partition coefficient (Wildman–Crippen LogP) is 4.69. The molecule has 7 heteroatoms. The zero-order chi connectivity index (χ0) is 17.4. The third kappa shape index (κ3) is 2.94. The predicted molar refractivity (Wildman–Crippen MR) is 97.4 cm³/mol. The van der Waals surface area contributed by atoms with Crippen molar-refractivity contribution in [2.45, 2.75) is 13.5 Å². The van der Waals surface area contributed by atoms with Gasteiger partial charge in [0, 0.05) is 47.2 Å². The summed E-state index contributed by atoms with van der Waals surface area (Å²) >= 11 is 1.54. The molecular formula is C18H15FN4OS. The Morgan fingerprint density at radius 3 is 2.88 bits per heavy atom. The van der Waals surface area contributed by atoms with Gasteiger partial charge in [0.25, 0.3) is 0 Å². The average molecular weight is 354 g/mol. The Morgan fingerprint density at radius 1 is 1.24 bits per heavy atom. The molecule has 0 amide bonds. The zero-order valence-electron chi connectivity index (χ0n) is 13.4. The van der Waals surface area contributed by atoms with Crippen LogP contribution in [0, 0.1) is 5.82 Å². The number of ether oxygens (including phenoxy) is 1. The van der Waals surface area contributed by atoms with E-state index in [0.717, 1.165) is 27.2 Å². The molecule has 0 saturated carbocycles. The first-order valence-corrected chi connectivity index (χ1v) is 8.60. The molecule has 0 aliphatic carbocycles. The second kappa shape index (κ2) is 6.18. The van der Waals surface area contributed by atoms with Crippen LogP contribution in [0.1, 0.15) is 6.92 Å². The first-order chi connectivity index (χ1) is 12.1. The van der Waals surface area contributed by atoms with Gasteiger partial charge in [-0.25, -0.2) is 4.39 Å². The Bertz CT molecular complexity index is 1060. The molecule has 0 fully saturated rings. The van der Waals surface area contributed by atoms with Gasteiger partial charge in [-0.3, -0.25) is 9.67 Å². The van der Waals surface area contributed by atoms with E-state index in [1.54, 1.807) is 29.7 Å². The summed E-state index contributed by atoms with van der Waals surface area (Å²) < 4.78 is 22.5. The lowest BCUT2D eigenvalue weighted by molar-refractivity contribution is 0.447. The highest BCUT2D eigenvalue weighted by Crippen LogP contribution is 2.39. The fraction of sp³-hybridized carbons (Fsp3) is 0.111. The number of benzene rings is 1. The van der Waals surface area contributed by atoms with Gasteiger partial charge in [-0.05, 0) is 25.1 Å². The Kier molecular flexibility index (Phi) is 3.85. The van der Waals surface area contributed by atoms with E-state index < -0.39 is 5.82 Å². The van der Waals surface area contributed by atoms with Crippen molar-refractivity contribution in [1.82, 2.24) is 14.8 Å². The molecular weight excluding hydrogens is 339 g/mol. The maximum Gasteiger partial charge on any atom is 0.167 e. The molecule has 0 radical (unpaired) electrons. The molecule has 3 aromatic heterocycles. The molecule has 0 unspecified atom stereocenters. The van der Waals surface area contributed by atoms with Gasteiger partial charge in [0.1, 0.15) is 5.75 Å². The number of nitrogen functional groups attached to an aromatic ring is 1. The van der Waals surface area contributed by atoms with Crippen molar-refractivity contribution in [3.63, 3.8) is 0 Å². The summed E-state index contributed by atoms with van der Waals surface area (Å²) in [5.74, 6) is 0.203. The van der Waals surface area contributed by atoms with Crippen molar-refractivity contribution in [2.24, 2.45) is 0 Å². The van der Waals surface area contributed by atoms with Gasteiger partial charge in [0.2, 0.25) is 0 Å². The van der Waals surface area contributed by atoms with E-state index in [2.05, 4.69) is 10.1 Å². The van der Waals surface area contributed by atoms with Crippen LogP contribution in [0.5, 0.6) is 11.5 Å². The van der Waals surface area contributed by atoms with Crippen molar-refractivity contribution >= 4 is 27.2 Å². The minimum atomic E-state index is -0.494. The molecule has 126 valence electrons. The van der Waals surface area contributed by atoms with E-state index >= 15 is 0 Å². The van der Waals surface area contributed by atoms with Gasteiger partial charge < -0.3 is 10.5 Å². The van der Waals surface area contributed by atoms with E-state index in [1.165, 1.54) is 12.1 Å². The molecule has 3 heterocycles. The third-order valence-corrected chi connectivity index (χ3v) is 4.98. The number of nitrogens with two attached hydrogens (primary N) is 1. The highest BCUT2D eigenvalue weighted by molar-refractivity contribution is 7.22. The summed E-state index contributed by atoms with van der Waals surface area (Å²) in [6, 6.07) is 8.09. The molecule has 0 aliphatic heterocycles. The van der Waals surface area contributed by atoms with Crippen LogP contribution in [-0.4, -0.2) is 14.8 Å². The molecule has 0 saturated heterocycles. The van der Waals surface area contributed by atoms with Gasteiger partial charge >= 0.3 is 0 Å². The summed E-state index contributed by atoms with van der Waals surface area (Å²) in [4.78, 5) is 5.42. The van der Waals surface area contributed by atoms with Crippen LogP contribution in [0.2, 0.25) is 0 Å². The van der Waals surface area contributed by atoms with Crippen LogP contribution < -0.4 is 10.5 Å². The van der Waals surface area contributed by atoms with Crippen molar-refractivity contribution in [3.05, 3.63) is 54.7 Å². The van der Waals surface area contributed by atoms with Crippen LogP contribution >= 0.6 is 11.3 Å². The van der Waals surface area contributed by atoms with E-state index in [1.807, 2.05) is 30.1 Å². The monoisotopic (exact) mass is 354 g/mol. The number of hydrogen-bond acceptors (Lipinski definition) is 5. The highest BCUT2D eigenvalue weighted by atomic mass is 32.1. The Labute approximate surface area is 147 Å². The van der Waals surface area contributed by atoms with Crippen LogP contribution in [0.15, 0.2) is 48.9 Å². The second-order valence-corrected chi connectivity index (χ2v) is 6.56. The SMILES string of the molecule is CCn1cc(-c2cc3nccc(Oc4ccc(N)cc4F)c3s2)cn1. The zero-order valence-corrected chi connectivity index (χ0v) is 14.3. The Balaban J connectivity index is 1.74. The lowest BCUT2D eigenvalue weighted by atomic mass is 10.2. The summed E-state index contributed by atoms with van der Waals surface area (Å²) in [5, 5.41) is 4.30. The minimum Gasteiger partial charge on any atom is -0.453 e. The fourth-order valence-electron chi connectivity index (χ4n) is 2.52. The molecule has 0 spiro atoms. The number of rotatable bonds is 4. The number of halogens is 1. The Morgan fingerprint density at radius 2 is 2.12 bits per heavy atom. The quantitative estimate of drug-likeness (QED) is 0.540. The number of aryl methyl sites for hydroxylation is 1. The summed E-state index contributed by atoms with van der Waals surface area (Å²) in [6.07, 6.45) is 5.47. The molecule has 4 aromatic rings. The molecule has 25 heavy (non-hydrogen) atoms. The average Bonchev–Trinajstić information content (AvgIpc) is 3.24. The van der Waals surface area contributed by atoms with E-state index in [9.17, 15) is 4.39 Å². The number of pyridine rings is 1.